The average Bonchev–Trinajstić information content (AvgIpc) is 2.34. The second kappa shape index (κ2) is 4.99. The van der Waals surface area contributed by atoms with Gasteiger partial charge in [-0.3, -0.25) is 9.59 Å². The Kier molecular flexibility index (Phi) is 3.41. The lowest BCUT2D eigenvalue weighted by molar-refractivity contribution is -0.142. The molecule has 2 rings (SSSR count). The molecule has 2 heterocycles. The van der Waals surface area contributed by atoms with E-state index in [0.717, 1.165) is 24.9 Å². The van der Waals surface area contributed by atoms with Crippen LogP contribution in [-0.4, -0.2) is 29.3 Å². The molecule has 1 aromatic heterocycles. The molecule has 1 aliphatic heterocycles. The van der Waals surface area contributed by atoms with Crippen LogP contribution in [0.2, 0.25) is 0 Å². The molecule has 0 saturated carbocycles. The van der Waals surface area contributed by atoms with E-state index in [1.54, 1.807) is 6.92 Å². The number of hydrogen-bond donors (Lipinski definition) is 2. The van der Waals surface area contributed by atoms with Gasteiger partial charge in [-0.05, 0) is 19.8 Å². The summed E-state index contributed by atoms with van der Waals surface area (Å²) in [5.41, 5.74) is 1.76. The van der Waals surface area contributed by atoms with Crippen molar-refractivity contribution in [3.63, 3.8) is 0 Å². The van der Waals surface area contributed by atoms with Gasteiger partial charge in [-0.25, -0.2) is 5.10 Å². The van der Waals surface area contributed by atoms with Crippen LogP contribution in [0.25, 0.3) is 0 Å². The Morgan fingerprint density at radius 2 is 2.35 bits per heavy atom. The molecule has 0 spiro atoms. The third-order valence-electron chi connectivity index (χ3n) is 2.69. The van der Waals surface area contributed by atoms with Gasteiger partial charge in [-0.1, -0.05) is 0 Å². The van der Waals surface area contributed by atoms with Crippen molar-refractivity contribution >= 4 is 11.7 Å². The average molecular weight is 237 g/mol. The Hall–Kier alpha value is -1.85. The highest BCUT2D eigenvalue weighted by molar-refractivity contribution is 5.73. The molecule has 0 saturated heterocycles. The van der Waals surface area contributed by atoms with Crippen molar-refractivity contribution in [1.82, 2.24) is 10.2 Å². The van der Waals surface area contributed by atoms with Crippen molar-refractivity contribution in [2.24, 2.45) is 0 Å². The maximum absolute atomic E-state index is 11.5. The fourth-order valence-electron chi connectivity index (χ4n) is 1.95. The van der Waals surface area contributed by atoms with Crippen LogP contribution >= 0.6 is 0 Å². The Labute approximate surface area is 98.4 Å². The molecule has 6 heteroatoms. The third kappa shape index (κ3) is 2.46. The number of esters is 1. The van der Waals surface area contributed by atoms with Crippen LogP contribution in [0.1, 0.15) is 24.6 Å². The second-order valence-electron chi connectivity index (χ2n) is 3.87. The molecule has 2 N–H and O–H groups in total. The molecule has 0 atom stereocenters. The number of nitrogens with zero attached hydrogens (tertiary/aromatic N) is 1. The quantitative estimate of drug-likeness (QED) is 0.735. The van der Waals surface area contributed by atoms with E-state index in [9.17, 15) is 9.59 Å². The summed E-state index contributed by atoms with van der Waals surface area (Å²) in [6, 6.07) is 0. The zero-order valence-corrected chi connectivity index (χ0v) is 9.71. The number of H-pyrrole nitrogens is 1. The number of aromatic nitrogens is 2. The second-order valence-corrected chi connectivity index (χ2v) is 3.87. The summed E-state index contributed by atoms with van der Waals surface area (Å²) in [6.07, 6.45) is 1.82. The maximum Gasteiger partial charge on any atom is 0.311 e. The van der Waals surface area contributed by atoms with E-state index < -0.39 is 0 Å². The third-order valence-corrected chi connectivity index (χ3v) is 2.69. The lowest BCUT2D eigenvalue weighted by Crippen LogP contribution is -2.26. The van der Waals surface area contributed by atoms with Crippen LogP contribution in [0.4, 0.5) is 5.69 Å². The molecular weight excluding hydrogens is 222 g/mol. The number of ether oxygens (including phenoxy) is 1. The van der Waals surface area contributed by atoms with Gasteiger partial charge in [-0.15, -0.1) is 0 Å². The summed E-state index contributed by atoms with van der Waals surface area (Å²) in [5.74, 6) is -0.320. The van der Waals surface area contributed by atoms with Gasteiger partial charge in [-0.2, -0.15) is 5.10 Å². The fourth-order valence-corrected chi connectivity index (χ4v) is 1.95. The van der Waals surface area contributed by atoms with Gasteiger partial charge in [0.25, 0.3) is 5.56 Å². The van der Waals surface area contributed by atoms with Crippen molar-refractivity contribution < 1.29 is 9.53 Å². The van der Waals surface area contributed by atoms with Crippen LogP contribution in [0, 0.1) is 0 Å². The van der Waals surface area contributed by atoms with E-state index in [-0.39, 0.29) is 17.9 Å². The lowest BCUT2D eigenvalue weighted by Gasteiger charge is -2.18. The Morgan fingerprint density at radius 1 is 1.53 bits per heavy atom. The number of carbonyl (C=O) groups is 1. The number of nitrogens with one attached hydrogen (secondary N) is 2. The maximum atomic E-state index is 11.5. The van der Waals surface area contributed by atoms with E-state index >= 15 is 0 Å². The minimum Gasteiger partial charge on any atom is -0.466 e. The van der Waals surface area contributed by atoms with Gasteiger partial charge < -0.3 is 10.1 Å². The smallest absolute Gasteiger partial charge is 0.311 e. The molecule has 0 radical (unpaired) electrons. The summed E-state index contributed by atoms with van der Waals surface area (Å²) >= 11 is 0. The highest BCUT2D eigenvalue weighted by Crippen LogP contribution is 2.20. The number of anilines is 1. The van der Waals surface area contributed by atoms with E-state index in [0.29, 0.717) is 18.0 Å². The Morgan fingerprint density at radius 3 is 3.12 bits per heavy atom. The van der Waals surface area contributed by atoms with Crippen LogP contribution in [0.15, 0.2) is 4.79 Å². The van der Waals surface area contributed by atoms with E-state index in [1.165, 1.54) is 0 Å². The van der Waals surface area contributed by atoms with E-state index in [2.05, 4.69) is 15.5 Å². The van der Waals surface area contributed by atoms with Crippen molar-refractivity contribution in [2.45, 2.75) is 26.2 Å². The zero-order valence-electron chi connectivity index (χ0n) is 9.71. The molecule has 0 aliphatic carbocycles. The SMILES string of the molecule is CCOC(=O)Cc1n[nH]c(=O)c2c1CCCN2. The van der Waals surface area contributed by atoms with Crippen LogP contribution < -0.4 is 10.9 Å². The molecule has 17 heavy (non-hydrogen) atoms. The van der Waals surface area contributed by atoms with Crippen molar-refractivity contribution in [1.29, 1.82) is 0 Å². The monoisotopic (exact) mass is 237 g/mol. The minimum absolute atomic E-state index is 0.106. The minimum atomic E-state index is -0.320. The van der Waals surface area contributed by atoms with Crippen LogP contribution in [-0.2, 0) is 22.4 Å². The summed E-state index contributed by atoms with van der Waals surface area (Å²) in [4.78, 5) is 22.9. The number of hydrogen-bond acceptors (Lipinski definition) is 5. The van der Waals surface area contributed by atoms with Crippen molar-refractivity contribution in [3.8, 4) is 0 Å². The van der Waals surface area contributed by atoms with Gasteiger partial charge in [0.1, 0.15) is 5.69 Å². The molecule has 0 fully saturated rings. The van der Waals surface area contributed by atoms with Crippen LogP contribution in [0.5, 0.6) is 0 Å². The van der Waals surface area contributed by atoms with Crippen molar-refractivity contribution in [3.05, 3.63) is 21.6 Å². The highest BCUT2D eigenvalue weighted by Gasteiger charge is 2.19. The predicted octanol–water partition coefficient (Wildman–Crippen LogP) is 0.234. The molecule has 92 valence electrons. The number of carbonyl (C=O) groups excluding carboxylic acids is 1. The summed E-state index contributed by atoms with van der Waals surface area (Å²) in [6.45, 7) is 2.89. The first-order chi connectivity index (χ1) is 8.22. The Balaban J connectivity index is 2.29. The molecule has 0 aromatic carbocycles. The van der Waals surface area contributed by atoms with Gasteiger partial charge in [0.2, 0.25) is 0 Å². The lowest BCUT2D eigenvalue weighted by atomic mass is 10.0. The van der Waals surface area contributed by atoms with E-state index in [1.807, 2.05) is 0 Å². The topological polar surface area (TPSA) is 84.1 Å². The standard InChI is InChI=1S/C11H15N3O3/c1-2-17-9(15)6-8-7-4-3-5-12-10(7)11(16)14-13-8/h12H,2-6H2,1H3,(H,14,16). The number of fused-ring (bicyclic) bond motifs is 1. The van der Waals surface area contributed by atoms with Gasteiger partial charge in [0.05, 0.1) is 18.7 Å². The molecule has 0 amide bonds. The first-order valence-corrected chi connectivity index (χ1v) is 5.72. The number of aromatic amines is 1. The predicted molar refractivity (Wildman–Crippen MR) is 62.0 cm³/mol. The van der Waals surface area contributed by atoms with Gasteiger partial charge in [0, 0.05) is 12.1 Å². The van der Waals surface area contributed by atoms with Crippen LogP contribution in [0.3, 0.4) is 0 Å². The number of rotatable bonds is 3. The van der Waals surface area contributed by atoms with Gasteiger partial charge in [0.15, 0.2) is 0 Å². The highest BCUT2D eigenvalue weighted by atomic mass is 16.5. The molecule has 1 aliphatic rings. The molecule has 0 bridgehead atoms. The Bertz CT molecular complexity index is 481. The summed E-state index contributed by atoms with van der Waals surface area (Å²) in [7, 11) is 0. The van der Waals surface area contributed by atoms with Crippen molar-refractivity contribution in [2.75, 3.05) is 18.5 Å². The van der Waals surface area contributed by atoms with E-state index in [4.69, 9.17) is 4.74 Å². The molecule has 0 unspecified atom stereocenters. The summed E-state index contributed by atoms with van der Waals surface area (Å²) in [5, 5.41) is 9.38. The first-order valence-electron chi connectivity index (χ1n) is 5.72. The molecule has 1 aromatic rings. The normalized spacial score (nSPS) is 13.7. The zero-order chi connectivity index (χ0) is 12.3. The van der Waals surface area contributed by atoms with Gasteiger partial charge >= 0.3 is 5.97 Å². The molecular formula is C11H15N3O3. The summed E-state index contributed by atoms with van der Waals surface area (Å²) < 4.78 is 4.88. The molecule has 6 nitrogen and oxygen atoms in total. The largest absolute Gasteiger partial charge is 0.466 e. The fraction of sp³-hybridized carbons (Fsp3) is 0.545. The first kappa shape index (κ1) is 11.6.